The van der Waals surface area contributed by atoms with E-state index in [1.807, 2.05) is 0 Å². The third-order valence-corrected chi connectivity index (χ3v) is 3.93. The lowest BCUT2D eigenvalue weighted by Gasteiger charge is -2.27. The first-order valence-electron chi connectivity index (χ1n) is 7.06. The number of ether oxygens (including phenoxy) is 1. The number of carboxylic acid groups (broad SMARTS) is 1. The number of amidine groups is 1. The number of carbonyl (C=O) groups is 2. The van der Waals surface area contributed by atoms with Crippen molar-refractivity contribution in [3.63, 3.8) is 0 Å². The molecule has 0 saturated heterocycles. The molecule has 120 valence electrons. The minimum absolute atomic E-state index is 0.0495. The molecule has 0 fully saturated rings. The monoisotopic (exact) mass is 316 g/mol. The predicted molar refractivity (Wildman–Crippen MR) is 80.8 cm³/mol. The third-order valence-electron chi connectivity index (χ3n) is 3.93. The largest absolute Gasteiger partial charge is 0.480 e. The van der Waals surface area contributed by atoms with E-state index in [4.69, 9.17) is 15.6 Å². The zero-order valence-electron chi connectivity index (χ0n) is 12.7. The highest BCUT2D eigenvalue weighted by Crippen LogP contribution is 2.36. The predicted octanol–water partition coefficient (Wildman–Crippen LogP) is 0.701. The van der Waals surface area contributed by atoms with Crippen molar-refractivity contribution in [2.75, 3.05) is 0 Å². The van der Waals surface area contributed by atoms with Crippen molar-refractivity contribution in [3.05, 3.63) is 40.8 Å². The summed E-state index contributed by atoms with van der Waals surface area (Å²) in [4.78, 5) is 27.5. The highest BCUT2D eigenvalue weighted by atomic mass is 16.5. The number of nitrogens with two attached hydrogens (primary N) is 1. The molecule has 1 atom stereocenters. The Morgan fingerprint density at radius 1 is 1.43 bits per heavy atom. The average Bonchev–Trinajstić information content (AvgIpc) is 2.43. The first-order valence-corrected chi connectivity index (χ1v) is 7.06. The summed E-state index contributed by atoms with van der Waals surface area (Å²) in [6.45, 7) is 3.31. The van der Waals surface area contributed by atoms with Gasteiger partial charge in [0.1, 0.15) is 11.6 Å². The van der Waals surface area contributed by atoms with Crippen molar-refractivity contribution in [1.29, 1.82) is 0 Å². The van der Waals surface area contributed by atoms with E-state index in [1.54, 1.807) is 32.0 Å². The SMILES string of the molecule is CC(C)(O)c1ccc2c(c1)CC1=C(N=C(N)[C@H](C(=O)O)C1=O)O2. The van der Waals surface area contributed by atoms with Gasteiger partial charge in [0.15, 0.2) is 11.7 Å². The standard InChI is InChI=1S/C16H16N2O5/c1-16(2,22)8-3-4-10-7(5-8)6-9-12(19)11(15(20)21)13(17)18-14(9)23-10/h3-5,11,22H,6H2,1-2H3,(H2,17,18)(H,20,21)/t11-/m1/s1. The summed E-state index contributed by atoms with van der Waals surface area (Å²) >= 11 is 0. The van der Waals surface area contributed by atoms with Crippen LogP contribution in [0.5, 0.6) is 5.75 Å². The second-order valence-corrected chi connectivity index (χ2v) is 6.12. The number of benzene rings is 1. The lowest BCUT2D eigenvalue weighted by Crippen LogP contribution is -2.42. The van der Waals surface area contributed by atoms with E-state index in [9.17, 15) is 14.7 Å². The number of fused-ring (bicyclic) bond motifs is 1. The van der Waals surface area contributed by atoms with Crippen molar-refractivity contribution in [1.82, 2.24) is 0 Å². The number of hydrogen-bond donors (Lipinski definition) is 3. The molecule has 0 aliphatic carbocycles. The van der Waals surface area contributed by atoms with Crippen LogP contribution in [0.3, 0.4) is 0 Å². The lowest BCUT2D eigenvalue weighted by molar-refractivity contribution is -0.142. The van der Waals surface area contributed by atoms with Crippen LogP contribution in [-0.2, 0) is 21.6 Å². The Hall–Kier alpha value is -2.67. The Balaban J connectivity index is 2.02. The molecule has 2 heterocycles. The highest BCUT2D eigenvalue weighted by Gasteiger charge is 2.40. The molecule has 7 heteroatoms. The van der Waals surface area contributed by atoms with Crippen molar-refractivity contribution < 1.29 is 24.5 Å². The minimum Gasteiger partial charge on any atom is -0.480 e. The molecule has 23 heavy (non-hydrogen) atoms. The van der Waals surface area contributed by atoms with Gasteiger partial charge < -0.3 is 20.7 Å². The smallest absolute Gasteiger partial charge is 0.322 e. The fourth-order valence-corrected chi connectivity index (χ4v) is 2.64. The highest BCUT2D eigenvalue weighted by molar-refractivity contribution is 6.24. The van der Waals surface area contributed by atoms with Crippen LogP contribution in [0.25, 0.3) is 0 Å². The second-order valence-electron chi connectivity index (χ2n) is 6.12. The molecule has 2 aliphatic heterocycles. The molecular weight excluding hydrogens is 300 g/mol. The average molecular weight is 316 g/mol. The third kappa shape index (κ3) is 2.49. The van der Waals surface area contributed by atoms with Gasteiger partial charge in [-0.15, -0.1) is 0 Å². The maximum absolute atomic E-state index is 12.4. The van der Waals surface area contributed by atoms with Crippen molar-refractivity contribution in [2.45, 2.75) is 25.9 Å². The van der Waals surface area contributed by atoms with E-state index in [2.05, 4.69) is 4.99 Å². The molecule has 0 saturated carbocycles. The molecular formula is C16H16N2O5. The lowest BCUT2D eigenvalue weighted by atomic mass is 9.87. The van der Waals surface area contributed by atoms with Gasteiger partial charge in [0, 0.05) is 6.42 Å². The number of hydrogen-bond acceptors (Lipinski definition) is 6. The van der Waals surface area contributed by atoms with Gasteiger partial charge in [-0.2, -0.15) is 4.99 Å². The van der Waals surface area contributed by atoms with E-state index in [-0.39, 0.29) is 23.7 Å². The number of aliphatic carboxylic acids is 1. The zero-order chi connectivity index (χ0) is 16.9. The fraction of sp³-hybridized carbons (Fsp3) is 0.312. The number of allylic oxidation sites excluding steroid dienone is 1. The van der Waals surface area contributed by atoms with Gasteiger partial charge >= 0.3 is 5.97 Å². The normalized spacial score (nSPS) is 20.4. The molecule has 0 bridgehead atoms. The Morgan fingerprint density at radius 3 is 2.74 bits per heavy atom. The molecule has 0 amide bonds. The number of rotatable bonds is 2. The van der Waals surface area contributed by atoms with Gasteiger partial charge in [0.25, 0.3) is 0 Å². The second kappa shape index (κ2) is 4.92. The molecule has 3 rings (SSSR count). The number of aliphatic hydroxyl groups is 1. The van der Waals surface area contributed by atoms with Crippen molar-refractivity contribution >= 4 is 17.6 Å². The Morgan fingerprint density at radius 2 is 2.13 bits per heavy atom. The van der Waals surface area contributed by atoms with E-state index in [0.29, 0.717) is 16.9 Å². The van der Waals surface area contributed by atoms with Gasteiger partial charge in [-0.1, -0.05) is 6.07 Å². The Kier molecular flexibility index (Phi) is 3.26. The Bertz CT molecular complexity index is 786. The molecule has 0 spiro atoms. The van der Waals surface area contributed by atoms with Crippen LogP contribution < -0.4 is 10.5 Å². The maximum Gasteiger partial charge on any atom is 0.322 e. The fourth-order valence-electron chi connectivity index (χ4n) is 2.64. The van der Waals surface area contributed by atoms with Gasteiger partial charge in [-0.25, -0.2) is 0 Å². The first kappa shape index (κ1) is 15.2. The summed E-state index contributed by atoms with van der Waals surface area (Å²) in [5.74, 6) is -3.14. The molecule has 4 N–H and O–H groups in total. The van der Waals surface area contributed by atoms with Gasteiger partial charge in [-0.05, 0) is 37.1 Å². The van der Waals surface area contributed by atoms with Crippen LogP contribution in [0.15, 0.2) is 34.6 Å². The number of nitrogens with zero attached hydrogens (tertiary/aromatic N) is 1. The molecule has 0 unspecified atom stereocenters. The van der Waals surface area contributed by atoms with Crippen LogP contribution in [-0.4, -0.2) is 27.8 Å². The van der Waals surface area contributed by atoms with E-state index in [0.717, 1.165) is 0 Å². The summed E-state index contributed by atoms with van der Waals surface area (Å²) in [6.07, 6.45) is 0.188. The van der Waals surface area contributed by atoms with Crippen LogP contribution in [0.2, 0.25) is 0 Å². The van der Waals surface area contributed by atoms with E-state index < -0.39 is 23.3 Å². The van der Waals surface area contributed by atoms with Crippen LogP contribution >= 0.6 is 0 Å². The minimum atomic E-state index is -1.48. The number of Topliss-reactive ketones (excluding diaryl/α,β-unsaturated/α-hetero) is 1. The summed E-state index contributed by atoms with van der Waals surface area (Å²) in [5, 5.41) is 19.2. The van der Waals surface area contributed by atoms with Crippen molar-refractivity contribution in [2.24, 2.45) is 16.6 Å². The van der Waals surface area contributed by atoms with Crippen LogP contribution in [0, 0.1) is 5.92 Å². The Labute approximate surface area is 132 Å². The molecule has 2 aliphatic rings. The quantitative estimate of drug-likeness (QED) is 0.690. The number of aliphatic imine (C=N–C) groups is 1. The molecule has 0 aromatic heterocycles. The first-order chi connectivity index (χ1) is 10.7. The summed E-state index contributed by atoms with van der Waals surface area (Å²) < 4.78 is 5.59. The number of ketones is 1. The van der Waals surface area contributed by atoms with Gasteiger partial charge in [0.2, 0.25) is 5.88 Å². The van der Waals surface area contributed by atoms with E-state index >= 15 is 0 Å². The summed E-state index contributed by atoms with van der Waals surface area (Å²) in [5.41, 5.74) is 6.09. The van der Waals surface area contributed by atoms with Crippen molar-refractivity contribution in [3.8, 4) is 5.75 Å². The van der Waals surface area contributed by atoms with E-state index in [1.165, 1.54) is 0 Å². The number of carboxylic acids is 1. The van der Waals surface area contributed by atoms with Gasteiger partial charge in [-0.3, -0.25) is 9.59 Å². The molecule has 1 aromatic rings. The van der Waals surface area contributed by atoms with Crippen LogP contribution in [0.1, 0.15) is 25.0 Å². The topological polar surface area (TPSA) is 122 Å². The molecule has 7 nitrogen and oxygen atoms in total. The summed E-state index contributed by atoms with van der Waals surface area (Å²) in [6, 6.07) is 5.15. The maximum atomic E-state index is 12.4. The van der Waals surface area contributed by atoms with Crippen LogP contribution in [0.4, 0.5) is 0 Å². The zero-order valence-corrected chi connectivity index (χ0v) is 12.7. The number of carbonyl (C=O) groups excluding carboxylic acids is 1. The summed E-state index contributed by atoms with van der Waals surface area (Å²) in [7, 11) is 0. The molecule has 0 radical (unpaired) electrons. The van der Waals surface area contributed by atoms with Gasteiger partial charge in [0.05, 0.1) is 11.2 Å². The molecule has 1 aromatic carbocycles.